The molecule has 0 saturated carbocycles. The summed E-state index contributed by atoms with van der Waals surface area (Å²) >= 11 is 0. The molecule has 6 heteroatoms. The first-order valence-corrected chi connectivity index (χ1v) is 20.8. The molecule has 50 heavy (non-hydrogen) atoms. The van der Waals surface area contributed by atoms with E-state index >= 15 is 0 Å². The van der Waals surface area contributed by atoms with Gasteiger partial charge < -0.3 is 15.2 Å². The number of esters is 1. The molecule has 0 aromatic carbocycles. The van der Waals surface area contributed by atoms with Gasteiger partial charge in [-0.3, -0.25) is 14.4 Å². The number of carbonyl (C=O) groups excluding carboxylic acids is 2. The van der Waals surface area contributed by atoms with Crippen LogP contribution in [0.3, 0.4) is 0 Å². The minimum absolute atomic E-state index is 0.0105. The normalized spacial score (nSPS) is 12.5. The van der Waals surface area contributed by atoms with Gasteiger partial charge in [0.05, 0.1) is 0 Å². The lowest BCUT2D eigenvalue weighted by atomic mass is 10.0. The molecule has 1 atom stereocenters. The zero-order valence-electron chi connectivity index (χ0n) is 32.5. The average Bonchev–Trinajstić information content (AvgIpc) is 3.10. The molecule has 0 aliphatic rings. The van der Waals surface area contributed by atoms with Gasteiger partial charge in [0.2, 0.25) is 5.91 Å². The van der Waals surface area contributed by atoms with E-state index in [2.05, 4.69) is 67.8 Å². The Labute approximate surface area is 308 Å². The quantitative estimate of drug-likeness (QED) is 0.0382. The molecule has 288 valence electrons. The third kappa shape index (κ3) is 38.2. The zero-order valence-corrected chi connectivity index (χ0v) is 32.5. The van der Waals surface area contributed by atoms with Crippen LogP contribution in [-0.2, 0) is 19.1 Å². The van der Waals surface area contributed by atoms with E-state index in [1.807, 2.05) is 0 Å². The maximum absolute atomic E-state index is 12.7. The molecular formula is C44H77NO5. The van der Waals surface area contributed by atoms with Crippen molar-refractivity contribution in [3.63, 3.8) is 0 Å². The molecule has 0 bridgehead atoms. The lowest BCUT2D eigenvalue weighted by Gasteiger charge is -2.18. The molecule has 2 N–H and O–H groups in total. The average molecular weight is 700 g/mol. The monoisotopic (exact) mass is 700 g/mol. The van der Waals surface area contributed by atoms with Gasteiger partial charge in [-0.15, -0.1) is 0 Å². The molecule has 1 unspecified atom stereocenters. The second-order valence-corrected chi connectivity index (χ2v) is 13.9. The number of aliphatic carboxylic acids is 1. The molecular weight excluding hydrogens is 622 g/mol. The van der Waals surface area contributed by atoms with Crippen molar-refractivity contribution in [3.05, 3.63) is 48.6 Å². The number of ether oxygens (including phenoxy) is 1. The van der Waals surface area contributed by atoms with E-state index in [-0.39, 0.29) is 24.5 Å². The smallest absolute Gasteiger partial charge is 0.322 e. The number of allylic oxidation sites excluding steroid dienone is 8. The second kappa shape index (κ2) is 39.2. The molecule has 0 fully saturated rings. The first kappa shape index (κ1) is 47.4. The van der Waals surface area contributed by atoms with Crippen molar-refractivity contribution in [2.45, 2.75) is 206 Å². The van der Waals surface area contributed by atoms with Crippen molar-refractivity contribution >= 4 is 17.8 Å². The Hall–Kier alpha value is -2.63. The van der Waals surface area contributed by atoms with Gasteiger partial charge in [-0.1, -0.05) is 159 Å². The highest BCUT2D eigenvalue weighted by Gasteiger charge is 2.14. The first-order chi connectivity index (χ1) is 24.5. The predicted octanol–water partition coefficient (Wildman–Crippen LogP) is 12.7. The lowest BCUT2D eigenvalue weighted by molar-refractivity contribution is -0.150. The zero-order chi connectivity index (χ0) is 36.6. The van der Waals surface area contributed by atoms with Crippen molar-refractivity contribution in [1.29, 1.82) is 0 Å². The van der Waals surface area contributed by atoms with Gasteiger partial charge in [0.15, 0.2) is 0 Å². The summed E-state index contributed by atoms with van der Waals surface area (Å²) in [6, 6.07) is 0. The Kier molecular flexibility index (Phi) is 37.1. The summed E-state index contributed by atoms with van der Waals surface area (Å²) in [6.45, 7) is 4.11. The number of unbranched alkanes of at least 4 members (excludes halogenated alkanes) is 18. The summed E-state index contributed by atoms with van der Waals surface area (Å²) in [5, 5.41) is 11.1. The van der Waals surface area contributed by atoms with Gasteiger partial charge >= 0.3 is 11.9 Å². The van der Waals surface area contributed by atoms with Gasteiger partial charge in [-0.2, -0.15) is 0 Å². The number of carbonyl (C=O) groups is 3. The fraction of sp³-hybridized carbons (Fsp3) is 0.750. The molecule has 0 saturated heterocycles. The van der Waals surface area contributed by atoms with Crippen molar-refractivity contribution in [1.82, 2.24) is 5.32 Å². The van der Waals surface area contributed by atoms with Crippen molar-refractivity contribution < 1.29 is 24.2 Å². The fourth-order valence-corrected chi connectivity index (χ4v) is 5.98. The molecule has 0 rings (SSSR count). The maximum Gasteiger partial charge on any atom is 0.322 e. The number of amides is 1. The van der Waals surface area contributed by atoms with Gasteiger partial charge in [0.25, 0.3) is 0 Å². The van der Waals surface area contributed by atoms with Gasteiger partial charge in [0.1, 0.15) is 12.6 Å². The number of hydrogen-bond donors (Lipinski definition) is 2. The van der Waals surface area contributed by atoms with E-state index in [1.165, 1.54) is 70.6 Å². The van der Waals surface area contributed by atoms with Gasteiger partial charge in [-0.05, 0) is 77.0 Å². The van der Waals surface area contributed by atoms with Crippen molar-refractivity contribution in [2.75, 3.05) is 6.54 Å². The SMILES string of the molecule is CC/C=C\C/C=C\C/C=C\C/C=C\CCCCC(CCCCCCCC(=O)NCC(=O)O)OC(=O)CCCCCCCCCCCCCCC. The van der Waals surface area contributed by atoms with E-state index < -0.39 is 5.97 Å². The van der Waals surface area contributed by atoms with Crippen LogP contribution < -0.4 is 5.32 Å². The second-order valence-electron chi connectivity index (χ2n) is 13.9. The first-order valence-electron chi connectivity index (χ1n) is 20.8. The number of hydrogen-bond acceptors (Lipinski definition) is 4. The summed E-state index contributed by atoms with van der Waals surface area (Å²) in [6.07, 6.45) is 49.4. The summed E-state index contributed by atoms with van der Waals surface area (Å²) in [7, 11) is 0. The van der Waals surface area contributed by atoms with E-state index in [1.54, 1.807) is 0 Å². The Morgan fingerprint density at radius 1 is 0.540 bits per heavy atom. The van der Waals surface area contributed by atoms with Crippen LogP contribution >= 0.6 is 0 Å². The fourth-order valence-electron chi connectivity index (χ4n) is 5.98. The molecule has 1 amide bonds. The Balaban J connectivity index is 4.28. The number of nitrogens with one attached hydrogen (secondary N) is 1. The molecule has 0 spiro atoms. The molecule has 0 aromatic rings. The number of rotatable bonds is 37. The summed E-state index contributed by atoms with van der Waals surface area (Å²) in [5.41, 5.74) is 0. The van der Waals surface area contributed by atoms with Gasteiger partial charge in [-0.25, -0.2) is 0 Å². The molecule has 0 aromatic heterocycles. The molecule has 0 aliphatic heterocycles. The van der Waals surface area contributed by atoms with Crippen LogP contribution in [0.1, 0.15) is 200 Å². The van der Waals surface area contributed by atoms with Crippen molar-refractivity contribution in [3.8, 4) is 0 Å². The van der Waals surface area contributed by atoms with E-state index in [0.29, 0.717) is 12.8 Å². The predicted molar refractivity (Wildman–Crippen MR) is 212 cm³/mol. The van der Waals surface area contributed by atoms with Crippen LogP contribution in [0.5, 0.6) is 0 Å². The summed E-state index contributed by atoms with van der Waals surface area (Å²) in [5.74, 6) is -1.26. The maximum atomic E-state index is 12.7. The largest absolute Gasteiger partial charge is 0.480 e. The number of carboxylic acids is 1. The molecule has 0 aliphatic carbocycles. The van der Waals surface area contributed by atoms with E-state index in [0.717, 1.165) is 103 Å². The summed E-state index contributed by atoms with van der Waals surface area (Å²) in [4.78, 5) is 35.0. The van der Waals surface area contributed by atoms with Crippen LogP contribution in [0.15, 0.2) is 48.6 Å². The lowest BCUT2D eigenvalue weighted by Crippen LogP contribution is -2.28. The Bertz CT molecular complexity index is 906. The highest BCUT2D eigenvalue weighted by Crippen LogP contribution is 2.18. The van der Waals surface area contributed by atoms with E-state index in [4.69, 9.17) is 9.84 Å². The van der Waals surface area contributed by atoms with E-state index in [9.17, 15) is 14.4 Å². The Morgan fingerprint density at radius 2 is 0.980 bits per heavy atom. The van der Waals surface area contributed by atoms with Crippen molar-refractivity contribution in [2.24, 2.45) is 0 Å². The van der Waals surface area contributed by atoms with Crippen LogP contribution in [0.25, 0.3) is 0 Å². The number of carboxylic acid groups (broad SMARTS) is 1. The van der Waals surface area contributed by atoms with Crippen LogP contribution in [0.4, 0.5) is 0 Å². The highest BCUT2D eigenvalue weighted by molar-refractivity contribution is 5.80. The van der Waals surface area contributed by atoms with Crippen LogP contribution in [0, 0.1) is 0 Å². The molecule has 0 heterocycles. The minimum Gasteiger partial charge on any atom is -0.480 e. The standard InChI is InChI=1S/C44H77NO5/c1-3-5-7-9-11-13-15-17-18-20-21-23-25-28-32-36-41(37-33-29-27-30-34-38-42(46)45-40-43(47)48)50-44(49)39-35-31-26-24-22-19-16-14-12-10-8-6-4-2/h5,7,11,13,17-18,21,23,41H,3-4,6,8-10,12,14-16,19-20,22,24-40H2,1-2H3,(H,45,46)(H,47,48)/b7-5-,13-11-,18-17-,23-21-. The van der Waals surface area contributed by atoms with Crippen LogP contribution in [0.2, 0.25) is 0 Å². The van der Waals surface area contributed by atoms with Gasteiger partial charge in [0, 0.05) is 12.8 Å². The minimum atomic E-state index is -1.02. The highest BCUT2D eigenvalue weighted by atomic mass is 16.5. The third-order valence-electron chi connectivity index (χ3n) is 9.02. The third-order valence-corrected chi connectivity index (χ3v) is 9.02. The van der Waals surface area contributed by atoms with Crippen LogP contribution in [-0.4, -0.2) is 35.6 Å². The molecule has 6 nitrogen and oxygen atoms in total. The summed E-state index contributed by atoms with van der Waals surface area (Å²) < 4.78 is 6.01. The topological polar surface area (TPSA) is 92.7 Å². The Morgan fingerprint density at radius 3 is 1.50 bits per heavy atom. The molecule has 0 radical (unpaired) electrons.